The summed E-state index contributed by atoms with van der Waals surface area (Å²) in [5.74, 6) is -0.725. The number of carbonyl (C=O) groups is 1. The van der Waals surface area contributed by atoms with Gasteiger partial charge in [-0.15, -0.1) is 13.2 Å². The van der Waals surface area contributed by atoms with Crippen LogP contribution < -0.4 is 10.5 Å². The third-order valence-corrected chi connectivity index (χ3v) is 3.85. The van der Waals surface area contributed by atoms with E-state index in [1.54, 1.807) is 31.2 Å². The van der Waals surface area contributed by atoms with E-state index in [0.717, 1.165) is 11.1 Å². The molecule has 0 fully saturated rings. The average Bonchev–Trinajstić information content (AvgIpc) is 2.76. The highest BCUT2D eigenvalue weighted by molar-refractivity contribution is 5.95. The van der Waals surface area contributed by atoms with Gasteiger partial charge in [-0.25, -0.2) is 4.79 Å². The average molecular weight is 337 g/mol. The van der Waals surface area contributed by atoms with Crippen LogP contribution in [0.25, 0.3) is 0 Å². The van der Waals surface area contributed by atoms with Gasteiger partial charge in [-0.05, 0) is 42.3 Å². The number of hydrogen-bond donors (Lipinski definition) is 1. The molecule has 0 aromatic heterocycles. The Bertz CT molecular complexity index is 802. The summed E-state index contributed by atoms with van der Waals surface area (Å²) in [6.45, 7) is 1.68. The number of ether oxygens (including phenoxy) is 2. The van der Waals surface area contributed by atoms with Crippen molar-refractivity contribution in [2.24, 2.45) is 0 Å². The molecule has 0 radical (unpaired) electrons. The maximum Gasteiger partial charge on any atom is 0.573 e. The second kappa shape index (κ2) is 5.74. The van der Waals surface area contributed by atoms with Crippen LogP contribution in [0.3, 0.4) is 0 Å². The smallest absolute Gasteiger partial charge is 0.454 e. The first kappa shape index (κ1) is 16.2. The topological polar surface area (TPSA) is 61.5 Å². The zero-order valence-corrected chi connectivity index (χ0v) is 12.7. The van der Waals surface area contributed by atoms with E-state index in [2.05, 4.69) is 4.74 Å². The first-order chi connectivity index (χ1) is 11.2. The van der Waals surface area contributed by atoms with Gasteiger partial charge in [0.1, 0.15) is 11.9 Å². The Morgan fingerprint density at radius 1 is 1.21 bits per heavy atom. The molecule has 1 aliphatic heterocycles. The summed E-state index contributed by atoms with van der Waals surface area (Å²) >= 11 is 0. The fourth-order valence-corrected chi connectivity index (χ4v) is 2.73. The molecule has 24 heavy (non-hydrogen) atoms. The van der Waals surface area contributed by atoms with Crippen molar-refractivity contribution in [2.75, 3.05) is 5.73 Å². The van der Waals surface area contributed by atoms with Crippen LogP contribution in [0.4, 0.5) is 18.9 Å². The Balaban J connectivity index is 1.82. The number of nitrogen functional groups attached to an aromatic ring is 1. The molecule has 1 aliphatic rings. The number of carbonyl (C=O) groups excluding carboxylic acids is 1. The van der Waals surface area contributed by atoms with E-state index < -0.39 is 18.4 Å². The number of aryl methyl sites for hydroxylation is 1. The van der Waals surface area contributed by atoms with Crippen molar-refractivity contribution in [3.05, 3.63) is 58.7 Å². The van der Waals surface area contributed by atoms with Crippen LogP contribution in [0, 0.1) is 6.92 Å². The van der Waals surface area contributed by atoms with E-state index in [1.807, 2.05) is 0 Å². The lowest BCUT2D eigenvalue weighted by atomic mass is 9.96. The Hall–Kier alpha value is -2.70. The van der Waals surface area contributed by atoms with Gasteiger partial charge in [0.05, 0.1) is 5.56 Å². The number of cyclic esters (lactones) is 1. The van der Waals surface area contributed by atoms with Crippen LogP contribution >= 0.6 is 0 Å². The number of anilines is 1. The molecule has 7 heteroatoms. The van der Waals surface area contributed by atoms with Crippen LogP contribution in [0.1, 0.15) is 33.2 Å². The summed E-state index contributed by atoms with van der Waals surface area (Å²) in [7, 11) is 0. The lowest BCUT2D eigenvalue weighted by molar-refractivity contribution is -0.274. The standard InChI is InChI=1S/C17H14F3NO3/c1-9-6-12(24-17(18,19)20)4-2-10(9)7-15-13-5-3-11(21)8-14(13)16(22)23-15/h2-6,8,15H,7,21H2,1H3. The summed E-state index contributed by atoms with van der Waals surface area (Å²) in [5.41, 5.74) is 8.68. The maximum atomic E-state index is 12.3. The van der Waals surface area contributed by atoms with Crippen LogP contribution in [-0.2, 0) is 11.2 Å². The highest BCUT2D eigenvalue weighted by Crippen LogP contribution is 2.35. The summed E-state index contributed by atoms with van der Waals surface area (Å²) in [4.78, 5) is 11.9. The normalized spacial score (nSPS) is 16.7. The second-order valence-corrected chi connectivity index (χ2v) is 5.58. The van der Waals surface area contributed by atoms with Crippen LogP contribution in [0.2, 0.25) is 0 Å². The van der Waals surface area contributed by atoms with Crippen molar-refractivity contribution < 1.29 is 27.4 Å². The van der Waals surface area contributed by atoms with E-state index in [4.69, 9.17) is 10.5 Å². The van der Waals surface area contributed by atoms with Gasteiger partial charge < -0.3 is 15.2 Å². The van der Waals surface area contributed by atoms with Gasteiger partial charge >= 0.3 is 12.3 Å². The predicted molar refractivity (Wildman–Crippen MR) is 80.6 cm³/mol. The third-order valence-electron chi connectivity index (χ3n) is 3.85. The molecule has 0 saturated heterocycles. The third kappa shape index (κ3) is 3.29. The molecule has 4 nitrogen and oxygen atoms in total. The molecule has 126 valence electrons. The Kier molecular flexibility index (Phi) is 3.87. The number of rotatable bonds is 3. The highest BCUT2D eigenvalue weighted by atomic mass is 19.4. The van der Waals surface area contributed by atoms with Gasteiger partial charge in [0.2, 0.25) is 0 Å². The lowest BCUT2D eigenvalue weighted by Crippen LogP contribution is -2.17. The van der Waals surface area contributed by atoms with Gasteiger partial charge in [0.25, 0.3) is 0 Å². The van der Waals surface area contributed by atoms with Crippen molar-refractivity contribution in [3.63, 3.8) is 0 Å². The van der Waals surface area contributed by atoms with E-state index in [-0.39, 0.29) is 5.75 Å². The molecule has 1 heterocycles. The van der Waals surface area contributed by atoms with E-state index in [0.29, 0.717) is 23.2 Å². The summed E-state index contributed by atoms with van der Waals surface area (Å²) in [6.07, 6.45) is -4.85. The van der Waals surface area contributed by atoms with Crippen molar-refractivity contribution in [2.45, 2.75) is 25.8 Å². The minimum Gasteiger partial charge on any atom is -0.454 e. The quantitative estimate of drug-likeness (QED) is 0.681. The molecule has 3 rings (SSSR count). The molecule has 0 spiro atoms. The van der Waals surface area contributed by atoms with Gasteiger partial charge in [0.15, 0.2) is 0 Å². The van der Waals surface area contributed by atoms with Gasteiger partial charge in [-0.1, -0.05) is 12.1 Å². The fourth-order valence-electron chi connectivity index (χ4n) is 2.73. The molecular formula is C17H14F3NO3. The zero-order valence-electron chi connectivity index (χ0n) is 12.7. The molecular weight excluding hydrogens is 323 g/mol. The monoisotopic (exact) mass is 337 g/mol. The number of esters is 1. The number of halogens is 3. The number of fused-ring (bicyclic) bond motifs is 1. The summed E-state index contributed by atoms with van der Waals surface area (Å²) < 4.78 is 46.0. The van der Waals surface area contributed by atoms with Gasteiger partial charge in [-0.2, -0.15) is 0 Å². The first-order valence-electron chi connectivity index (χ1n) is 7.18. The molecule has 2 N–H and O–H groups in total. The molecule has 1 unspecified atom stereocenters. The molecule has 0 aliphatic carbocycles. The van der Waals surface area contributed by atoms with Crippen molar-refractivity contribution in [3.8, 4) is 5.75 Å². The number of alkyl halides is 3. The maximum absolute atomic E-state index is 12.3. The number of hydrogen-bond acceptors (Lipinski definition) is 4. The van der Waals surface area contributed by atoms with Gasteiger partial charge in [-0.3, -0.25) is 0 Å². The largest absolute Gasteiger partial charge is 0.573 e. The van der Waals surface area contributed by atoms with Crippen molar-refractivity contribution in [1.82, 2.24) is 0 Å². The SMILES string of the molecule is Cc1cc(OC(F)(F)F)ccc1CC1OC(=O)c2cc(N)ccc21. The summed E-state index contributed by atoms with van der Waals surface area (Å²) in [5, 5.41) is 0. The first-order valence-corrected chi connectivity index (χ1v) is 7.18. The Labute approximate surface area is 136 Å². The van der Waals surface area contributed by atoms with E-state index in [9.17, 15) is 18.0 Å². The van der Waals surface area contributed by atoms with E-state index in [1.165, 1.54) is 12.1 Å². The number of nitrogens with two attached hydrogens (primary N) is 1. The van der Waals surface area contributed by atoms with E-state index >= 15 is 0 Å². The van der Waals surface area contributed by atoms with Crippen LogP contribution in [0.5, 0.6) is 5.75 Å². The van der Waals surface area contributed by atoms with Crippen molar-refractivity contribution >= 4 is 11.7 Å². The zero-order chi connectivity index (χ0) is 17.5. The molecule has 2 aromatic carbocycles. The van der Waals surface area contributed by atoms with Gasteiger partial charge in [0, 0.05) is 17.7 Å². The lowest BCUT2D eigenvalue weighted by Gasteiger charge is -2.15. The molecule has 1 atom stereocenters. The van der Waals surface area contributed by atoms with Crippen molar-refractivity contribution in [1.29, 1.82) is 0 Å². The molecule has 0 bridgehead atoms. The Morgan fingerprint density at radius 3 is 2.62 bits per heavy atom. The molecule has 0 amide bonds. The highest BCUT2D eigenvalue weighted by Gasteiger charge is 2.33. The Morgan fingerprint density at radius 2 is 1.96 bits per heavy atom. The molecule has 0 saturated carbocycles. The van der Waals surface area contributed by atoms with Crippen LogP contribution in [-0.4, -0.2) is 12.3 Å². The van der Waals surface area contributed by atoms with Crippen LogP contribution in [0.15, 0.2) is 36.4 Å². The predicted octanol–water partition coefficient (Wildman–Crippen LogP) is 3.93. The fraction of sp³-hybridized carbons (Fsp3) is 0.235. The molecule has 2 aromatic rings. The minimum atomic E-state index is -4.73. The minimum absolute atomic E-state index is 0.277. The summed E-state index contributed by atoms with van der Waals surface area (Å²) in [6, 6.07) is 9.07. The second-order valence-electron chi connectivity index (χ2n) is 5.58. The number of benzene rings is 2.